The molecule has 0 bridgehead atoms. The Balaban J connectivity index is 2.94. The summed E-state index contributed by atoms with van der Waals surface area (Å²) in [6, 6.07) is 7.55. The predicted molar refractivity (Wildman–Crippen MR) is 62.2 cm³/mol. The molecule has 2 nitrogen and oxygen atoms in total. The van der Waals surface area contributed by atoms with Crippen LogP contribution in [0.1, 0.15) is 32.3 Å². The molecular weight excluding hydrogens is 196 g/mol. The Kier molecular flexibility index (Phi) is 3.59. The van der Waals surface area contributed by atoms with Gasteiger partial charge in [0.2, 0.25) is 0 Å². The van der Waals surface area contributed by atoms with Crippen molar-refractivity contribution < 1.29 is 9.11 Å². The highest BCUT2D eigenvalue weighted by Gasteiger charge is 2.12. The Morgan fingerprint density at radius 2 is 1.64 bits per heavy atom. The molecule has 3 heteroatoms. The van der Waals surface area contributed by atoms with E-state index in [9.17, 15) is 9.11 Å². The molecule has 1 rings (SSSR count). The van der Waals surface area contributed by atoms with E-state index in [1.165, 1.54) is 5.56 Å². The molecule has 0 saturated carbocycles. The fraction of sp³-hybridized carbons (Fsp3) is 0.455. The van der Waals surface area contributed by atoms with Gasteiger partial charge in [-0.2, -0.15) is 10.6 Å². The normalized spacial score (nSPS) is 13.3. The van der Waals surface area contributed by atoms with Gasteiger partial charge in [-0.15, -0.1) is 0 Å². The van der Waals surface area contributed by atoms with Crippen LogP contribution in [0, 0.1) is 0 Å². The van der Waals surface area contributed by atoms with E-state index >= 15 is 0 Å². The third-order valence-electron chi connectivity index (χ3n) is 2.33. The van der Waals surface area contributed by atoms with Crippen molar-refractivity contribution in [3.05, 3.63) is 29.8 Å². The molecule has 0 spiro atoms. The minimum absolute atomic E-state index is 0.383. The molecule has 1 aromatic rings. The zero-order chi connectivity index (χ0) is 10.8. The molecular formula is C11H18O2S. The Bertz CT molecular complexity index is 291. The van der Waals surface area contributed by atoms with Crippen LogP contribution in [0.15, 0.2) is 29.2 Å². The van der Waals surface area contributed by atoms with Crippen molar-refractivity contribution in [2.24, 2.45) is 0 Å². The Morgan fingerprint density at radius 1 is 1.14 bits per heavy atom. The summed E-state index contributed by atoms with van der Waals surface area (Å²) in [4.78, 5) is 0.643. The van der Waals surface area contributed by atoms with E-state index < -0.39 is 10.6 Å². The Labute approximate surface area is 87.3 Å². The molecule has 1 aromatic carbocycles. The van der Waals surface area contributed by atoms with Gasteiger partial charge in [-0.25, -0.2) is 0 Å². The van der Waals surface area contributed by atoms with Crippen molar-refractivity contribution >= 4 is 10.6 Å². The van der Waals surface area contributed by atoms with Gasteiger partial charge >= 0.3 is 0 Å². The summed E-state index contributed by atoms with van der Waals surface area (Å²) in [6.45, 7) is 6.02. The number of rotatable bonds is 3. The number of hydrogen-bond acceptors (Lipinski definition) is 2. The van der Waals surface area contributed by atoms with E-state index in [2.05, 4.69) is 13.8 Å². The van der Waals surface area contributed by atoms with E-state index in [1.54, 1.807) is 6.92 Å². The lowest BCUT2D eigenvalue weighted by Crippen LogP contribution is -2.00. The van der Waals surface area contributed by atoms with E-state index in [0.29, 0.717) is 16.6 Å². The SMILES string of the molecule is CCS(O)(O)c1ccc(C(C)C)cc1. The molecule has 0 heterocycles. The lowest BCUT2D eigenvalue weighted by molar-refractivity contribution is 0.488. The molecule has 0 aliphatic heterocycles. The summed E-state index contributed by atoms with van der Waals surface area (Å²) < 4.78 is 19.3. The molecule has 0 atom stereocenters. The zero-order valence-electron chi connectivity index (χ0n) is 8.90. The minimum Gasteiger partial charge on any atom is -0.295 e. The van der Waals surface area contributed by atoms with Gasteiger partial charge in [0, 0.05) is 5.75 Å². The molecule has 0 aliphatic rings. The van der Waals surface area contributed by atoms with Gasteiger partial charge in [0.05, 0.1) is 4.90 Å². The second-order valence-electron chi connectivity index (χ2n) is 3.68. The molecule has 0 aliphatic carbocycles. The Morgan fingerprint density at radius 3 is 2.00 bits per heavy atom. The lowest BCUT2D eigenvalue weighted by atomic mass is 10.0. The maximum Gasteiger partial charge on any atom is 0.0583 e. The highest BCUT2D eigenvalue weighted by molar-refractivity contribution is 8.24. The zero-order valence-corrected chi connectivity index (χ0v) is 9.71. The lowest BCUT2D eigenvalue weighted by Gasteiger charge is -2.31. The molecule has 80 valence electrons. The maximum atomic E-state index is 9.66. The first kappa shape index (κ1) is 11.6. The molecule has 0 radical (unpaired) electrons. The molecule has 0 unspecified atom stereocenters. The summed E-state index contributed by atoms with van der Waals surface area (Å²) in [7, 11) is -2.54. The second-order valence-corrected chi connectivity index (χ2v) is 6.06. The van der Waals surface area contributed by atoms with Crippen molar-refractivity contribution in [1.82, 2.24) is 0 Å². The first-order chi connectivity index (χ1) is 6.47. The summed E-state index contributed by atoms with van der Waals surface area (Å²) in [5, 5.41) is 0. The quantitative estimate of drug-likeness (QED) is 0.800. The maximum absolute atomic E-state index is 9.66. The van der Waals surface area contributed by atoms with Crippen LogP contribution < -0.4 is 0 Å². The van der Waals surface area contributed by atoms with Crippen LogP contribution in [0.4, 0.5) is 0 Å². The number of benzene rings is 1. The topological polar surface area (TPSA) is 40.5 Å². The van der Waals surface area contributed by atoms with Crippen LogP contribution in [0.3, 0.4) is 0 Å². The third kappa shape index (κ3) is 2.50. The first-order valence-corrected chi connectivity index (χ1v) is 6.55. The van der Waals surface area contributed by atoms with Crippen molar-refractivity contribution in [1.29, 1.82) is 0 Å². The fourth-order valence-electron chi connectivity index (χ4n) is 1.24. The van der Waals surface area contributed by atoms with Crippen LogP contribution in [-0.2, 0) is 0 Å². The van der Waals surface area contributed by atoms with Crippen LogP contribution in [0.25, 0.3) is 0 Å². The summed E-state index contributed by atoms with van der Waals surface area (Å²) in [5.74, 6) is 0.862. The summed E-state index contributed by atoms with van der Waals surface area (Å²) in [5.41, 5.74) is 1.22. The highest BCUT2D eigenvalue weighted by atomic mass is 32.3. The van der Waals surface area contributed by atoms with E-state index in [1.807, 2.05) is 24.3 Å². The van der Waals surface area contributed by atoms with Gasteiger partial charge in [-0.05, 0) is 30.5 Å². The highest BCUT2D eigenvalue weighted by Crippen LogP contribution is 2.47. The van der Waals surface area contributed by atoms with Gasteiger partial charge in [0.15, 0.2) is 0 Å². The van der Waals surface area contributed by atoms with Crippen molar-refractivity contribution in [2.45, 2.75) is 31.6 Å². The van der Waals surface area contributed by atoms with E-state index in [4.69, 9.17) is 0 Å². The molecule has 14 heavy (non-hydrogen) atoms. The first-order valence-electron chi connectivity index (χ1n) is 4.83. The van der Waals surface area contributed by atoms with Crippen molar-refractivity contribution in [3.8, 4) is 0 Å². The van der Waals surface area contributed by atoms with E-state index in [0.717, 1.165) is 0 Å². The molecule has 0 fully saturated rings. The smallest absolute Gasteiger partial charge is 0.0583 e. The van der Waals surface area contributed by atoms with Crippen LogP contribution in [-0.4, -0.2) is 14.9 Å². The van der Waals surface area contributed by atoms with Crippen LogP contribution in [0.5, 0.6) is 0 Å². The summed E-state index contributed by atoms with van der Waals surface area (Å²) in [6.07, 6.45) is 0. The average Bonchev–Trinajstić information content (AvgIpc) is 2.18. The predicted octanol–water partition coefficient (Wildman–Crippen LogP) is 3.94. The van der Waals surface area contributed by atoms with Gasteiger partial charge in [-0.1, -0.05) is 26.0 Å². The van der Waals surface area contributed by atoms with Crippen molar-refractivity contribution in [2.75, 3.05) is 5.75 Å². The largest absolute Gasteiger partial charge is 0.295 e. The number of hydrogen-bond donors (Lipinski definition) is 2. The molecule has 0 aromatic heterocycles. The van der Waals surface area contributed by atoms with Gasteiger partial charge in [-0.3, -0.25) is 9.11 Å². The van der Waals surface area contributed by atoms with Gasteiger partial charge in [0.25, 0.3) is 0 Å². The van der Waals surface area contributed by atoms with Gasteiger partial charge in [0.1, 0.15) is 0 Å². The van der Waals surface area contributed by atoms with Crippen molar-refractivity contribution in [3.63, 3.8) is 0 Å². The van der Waals surface area contributed by atoms with Crippen LogP contribution in [0.2, 0.25) is 0 Å². The molecule has 2 N–H and O–H groups in total. The van der Waals surface area contributed by atoms with Crippen LogP contribution >= 0.6 is 10.6 Å². The summed E-state index contributed by atoms with van der Waals surface area (Å²) >= 11 is 0. The second kappa shape index (κ2) is 4.34. The Hall–Kier alpha value is -0.510. The monoisotopic (exact) mass is 214 g/mol. The average molecular weight is 214 g/mol. The fourth-order valence-corrected chi connectivity index (χ4v) is 2.14. The van der Waals surface area contributed by atoms with Gasteiger partial charge < -0.3 is 0 Å². The standard InChI is InChI=1S/C11H18O2S/c1-4-14(12,13)11-7-5-10(6-8-11)9(2)3/h5-9,12-13H,4H2,1-3H3. The molecule has 0 saturated heterocycles. The third-order valence-corrected chi connectivity index (χ3v) is 4.16. The van der Waals surface area contributed by atoms with E-state index in [-0.39, 0.29) is 0 Å². The molecule has 0 amide bonds. The minimum atomic E-state index is -2.54.